The fourth-order valence-electron chi connectivity index (χ4n) is 4.66. The number of methoxy groups -OCH3 is 1. The number of nitrogens with one attached hydrogen (secondary N) is 1. The Balaban J connectivity index is 2.15. The maximum absolute atomic E-state index is 12.8. The zero-order chi connectivity index (χ0) is 24.3. The molecule has 1 amide bonds. The smallest absolute Gasteiger partial charge is 0.250 e. The lowest BCUT2D eigenvalue weighted by Crippen LogP contribution is -2.42. The summed E-state index contributed by atoms with van der Waals surface area (Å²) in [5, 5.41) is 23.9. The summed E-state index contributed by atoms with van der Waals surface area (Å²) in [6.07, 6.45) is 2.88. The van der Waals surface area contributed by atoms with E-state index in [4.69, 9.17) is 9.47 Å². The van der Waals surface area contributed by atoms with Crippen LogP contribution in [-0.4, -0.2) is 47.3 Å². The first-order valence-corrected chi connectivity index (χ1v) is 11.5. The average molecular weight is 458 g/mol. The molecule has 2 aliphatic rings. The van der Waals surface area contributed by atoms with Gasteiger partial charge in [-0.3, -0.25) is 9.59 Å². The predicted octanol–water partition coefficient (Wildman–Crippen LogP) is 4.06. The third kappa shape index (κ3) is 5.91. The Morgan fingerprint density at radius 3 is 2.55 bits per heavy atom. The first-order valence-electron chi connectivity index (χ1n) is 11.5. The standard InChI is InChI=1S/C26H35NO6/c1-14-7-6-8-21(32-5)9-15(2)24-17(4)23(30)22(29)10-16(3)25(33-24)18-11-19(27-26(14)31)13-20(28)12-18/h7,9,11-13,16-17,21,23-25,28,30H,6,8,10H2,1-5H3,(H,27,31)/b14-7+,15-9+. The molecule has 0 saturated carbocycles. The number of carbonyl (C=O) groups excluding carboxylic acids is 2. The highest BCUT2D eigenvalue weighted by molar-refractivity contribution is 6.03. The number of Topliss-reactive ketones (excluding diaryl/α,β-unsaturated/α-hetero) is 1. The summed E-state index contributed by atoms with van der Waals surface area (Å²) in [6, 6.07) is 4.85. The van der Waals surface area contributed by atoms with Crippen molar-refractivity contribution in [1.82, 2.24) is 0 Å². The molecule has 7 heteroatoms. The summed E-state index contributed by atoms with van der Waals surface area (Å²) in [7, 11) is 1.63. The van der Waals surface area contributed by atoms with Gasteiger partial charge in [0.25, 0.3) is 5.91 Å². The number of ether oxygens (including phenoxy) is 2. The fraction of sp³-hybridized carbons (Fsp3) is 0.538. The summed E-state index contributed by atoms with van der Waals surface area (Å²) in [5.74, 6) is -1.20. The van der Waals surface area contributed by atoms with Crippen LogP contribution in [0, 0.1) is 11.8 Å². The van der Waals surface area contributed by atoms with Crippen molar-refractivity contribution in [3.05, 3.63) is 47.1 Å². The highest BCUT2D eigenvalue weighted by atomic mass is 16.5. The van der Waals surface area contributed by atoms with E-state index in [0.717, 1.165) is 5.57 Å². The molecular formula is C26H35NO6. The molecular weight excluding hydrogens is 422 g/mol. The molecule has 4 bridgehead atoms. The van der Waals surface area contributed by atoms with E-state index in [9.17, 15) is 19.8 Å². The van der Waals surface area contributed by atoms with Gasteiger partial charge < -0.3 is 25.0 Å². The summed E-state index contributed by atoms with van der Waals surface area (Å²) >= 11 is 0. The molecule has 1 saturated heterocycles. The molecule has 3 rings (SSSR count). The Morgan fingerprint density at radius 1 is 1.12 bits per heavy atom. The quantitative estimate of drug-likeness (QED) is 0.549. The second-order valence-corrected chi connectivity index (χ2v) is 9.35. The van der Waals surface area contributed by atoms with Crippen LogP contribution in [0.15, 0.2) is 41.5 Å². The van der Waals surface area contributed by atoms with E-state index in [1.165, 1.54) is 6.07 Å². The summed E-state index contributed by atoms with van der Waals surface area (Å²) in [6.45, 7) is 7.38. The molecule has 33 heavy (non-hydrogen) atoms. The third-order valence-electron chi connectivity index (χ3n) is 6.63. The van der Waals surface area contributed by atoms with Gasteiger partial charge in [-0.2, -0.15) is 0 Å². The third-order valence-corrected chi connectivity index (χ3v) is 6.63. The van der Waals surface area contributed by atoms with Gasteiger partial charge in [0.05, 0.1) is 18.3 Å². The van der Waals surface area contributed by atoms with E-state index in [-0.39, 0.29) is 35.9 Å². The van der Waals surface area contributed by atoms with Crippen molar-refractivity contribution in [2.75, 3.05) is 12.4 Å². The number of aliphatic hydroxyl groups is 1. The van der Waals surface area contributed by atoms with E-state index >= 15 is 0 Å². The van der Waals surface area contributed by atoms with Gasteiger partial charge in [-0.05, 0) is 55.9 Å². The molecule has 0 aliphatic carbocycles. The number of benzene rings is 1. The van der Waals surface area contributed by atoms with Crippen LogP contribution in [0.5, 0.6) is 5.75 Å². The van der Waals surface area contributed by atoms with Gasteiger partial charge in [0.2, 0.25) is 0 Å². The zero-order valence-electron chi connectivity index (χ0n) is 20.0. The minimum Gasteiger partial charge on any atom is -0.508 e. The normalized spacial score (nSPS) is 35.0. The van der Waals surface area contributed by atoms with E-state index < -0.39 is 24.2 Å². The van der Waals surface area contributed by atoms with Crippen LogP contribution in [0.4, 0.5) is 5.69 Å². The fourth-order valence-corrected chi connectivity index (χ4v) is 4.66. The number of amides is 1. The Kier molecular flexibility index (Phi) is 8.10. The van der Waals surface area contributed by atoms with Gasteiger partial charge in [0, 0.05) is 36.8 Å². The maximum atomic E-state index is 12.8. The Bertz CT molecular complexity index is 952. The molecule has 2 heterocycles. The molecule has 6 unspecified atom stereocenters. The maximum Gasteiger partial charge on any atom is 0.250 e. The summed E-state index contributed by atoms with van der Waals surface area (Å²) < 4.78 is 12.2. The number of phenols is 1. The number of anilines is 1. The van der Waals surface area contributed by atoms with Crippen molar-refractivity contribution in [2.45, 2.75) is 71.4 Å². The molecule has 2 aliphatic heterocycles. The minimum absolute atomic E-state index is 0.00530. The van der Waals surface area contributed by atoms with Crippen LogP contribution in [0.1, 0.15) is 58.6 Å². The van der Waals surface area contributed by atoms with Gasteiger partial charge in [-0.15, -0.1) is 0 Å². The monoisotopic (exact) mass is 457 g/mol. The number of fused-ring (bicyclic) bond motifs is 5. The second kappa shape index (κ2) is 10.6. The molecule has 0 spiro atoms. The SMILES string of the molecule is COC1/C=C(\C)C2OC(c3cc(O)cc(c3)NC(=O)/C(C)=C/CC1)C(C)CC(=O)C(O)C2C. The van der Waals surface area contributed by atoms with Crippen molar-refractivity contribution in [1.29, 1.82) is 0 Å². The second-order valence-electron chi connectivity index (χ2n) is 9.35. The van der Waals surface area contributed by atoms with Crippen LogP contribution >= 0.6 is 0 Å². The number of rotatable bonds is 1. The number of hydrogen-bond donors (Lipinski definition) is 3. The molecule has 0 aromatic heterocycles. The number of hydrogen-bond acceptors (Lipinski definition) is 6. The first kappa shape index (κ1) is 25.1. The van der Waals surface area contributed by atoms with Crippen molar-refractivity contribution in [2.24, 2.45) is 11.8 Å². The Morgan fingerprint density at radius 2 is 1.85 bits per heavy atom. The van der Waals surface area contributed by atoms with Crippen molar-refractivity contribution < 1.29 is 29.3 Å². The predicted molar refractivity (Wildman–Crippen MR) is 126 cm³/mol. The number of ketones is 1. The van der Waals surface area contributed by atoms with Crippen molar-refractivity contribution in [3.63, 3.8) is 0 Å². The van der Waals surface area contributed by atoms with Crippen LogP contribution < -0.4 is 5.32 Å². The van der Waals surface area contributed by atoms with Crippen LogP contribution in [-0.2, 0) is 19.1 Å². The zero-order valence-corrected chi connectivity index (χ0v) is 20.0. The summed E-state index contributed by atoms with van der Waals surface area (Å²) in [4.78, 5) is 25.4. The Labute approximate surface area is 195 Å². The Hall–Kier alpha value is -2.48. The first-order chi connectivity index (χ1) is 15.6. The van der Waals surface area contributed by atoms with Gasteiger partial charge in [0.15, 0.2) is 5.78 Å². The van der Waals surface area contributed by atoms with Crippen molar-refractivity contribution in [3.8, 4) is 5.75 Å². The number of aliphatic hydroxyl groups excluding tert-OH is 1. The lowest BCUT2D eigenvalue weighted by atomic mass is 9.82. The molecule has 180 valence electrons. The van der Waals surface area contributed by atoms with E-state index in [0.29, 0.717) is 29.7 Å². The largest absolute Gasteiger partial charge is 0.508 e. The summed E-state index contributed by atoms with van der Waals surface area (Å²) in [5.41, 5.74) is 2.55. The van der Waals surface area contributed by atoms with E-state index in [2.05, 4.69) is 5.32 Å². The van der Waals surface area contributed by atoms with Crippen LogP contribution in [0.25, 0.3) is 0 Å². The molecule has 6 atom stereocenters. The van der Waals surface area contributed by atoms with E-state index in [1.54, 1.807) is 26.2 Å². The molecule has 7 nitrogen and oxygen atoms in total. The lowest BCUT2D eigenvalue weighted by Gasteiger charge is -2.38. The molecule has 1 aromatic carbocycles. The van der Waals surface area contributed by atoms with Crippen LogP contribution in [0.3, 0.4) is 0 Å². The van der Waals surface area contributed by atoms with Crippen molar-refractivity contribution >= 4 is 17.4 Å². The van der Waals surface area contributed by atoms with Crippen LogP contribution in [0.2, 0.25) is 0 Å². The number of allylic oxidation sites excluding steroid dienone is 1. The highest BCUT2D eigenvalue weighted by Crippen LogP contribution is 2.39. The molecule has 3 N–H and O–H groups in total. The minimum atomic E-state index is -1.13. The highest BCUT2D eigenvalue weighted by Gasteiger charge is 2.39. The number of carbonyl (C=O) groups is 2. The van der Waals surface area contributed by atoms with Gasteiger partial charge in [0.1, 0.15) is 11.9 Å². The van der Waals surface area contributed by atoms with E-state index in [1.807, 2.05) is 32.9 Å². The average Bonchev–Trinajstić information content (AvgIpc) is 2.76. The molecule has 1 aromatic rings. The number of phenolic OH excluding ortho intramolecular Hbond substituents is 1. The molecule has 0 radical (unpaired) electrons. The topological polar surface area (TPSA) is 105 Å². The van der Waals surface area contributed by atoms with Gasteiger partial charge >= 0.3 is 0 Å². The number of aromatic hydroxyl groups is 1. The van der Waals surface area contributed by atoms with Gasteiger partial charge in [-0.1, -0.05) is 26.0 Å². The van der Waals surface area contributed by atoms with Gasteiger partial charge in [-0.25, -0.2) is 0 Å². The molecule has 1 fully saturated rings. The lowest BCUT2D eigenvalue weighted by molar-refractivity contribution is -0.144.